The zero-order valence-electron chi connectivity index (χ0n) is 69.5. The summed E-state index contributed by atoms with van der Waals surface area (Å²) in [6.07, 6.45) is 11.4. The SMILES string of the molecule is Cc1ccc(C)c(-c2ccc(C#N)cc2)c1.Cc1ccc(C)c(-c2ccc(C(=O)O)cc2)c1.Cc1ccc(C)c(-c2ccc(N)cc2)c1.Cc1ccc(C)c(-c2ccc(O)cc2)c1.Cc1ccc(C)c(-c2ccc(P(=O)(O)O)cc2)c1.Cc1ccc(C)c(-c2ccc(S)cc2)c1.Cc1ccc(C)c(CCCCCCc2ccncc2)c1. The van der Waals surface area contributed by atoms with Crippen LogP contribution in [0.3, 0.4) is 0 Å². The lowest BCUT2D eigenvalue weighted by Gasteiger charge is -2.09. The van der Waals surface area contributed by atoms with Crippen LogP contribution >= 0.6 is 20.2 Å². The molecule has 0 spiro atoms. The van der Waals surface area contributed by atoms with Crippen LogP contribution in [0.4, 0.5) is 5.69 Å². The zero-order valence-corrected chi connectivity index (χ0v) is 71.3. The number of pyridine rings is 1. The van der Waals surface area contributed by atoms with E-state index in [0.717, 1.165) is 49.5 Å². The largest absolute Gasteiger partial charge is 0.508 e. The number of aromatic hydroxyl groups is 1. The molecule has 0 aliphatic rings. The number of hydrogen-bond acceptors (Lipinski definition) is 7. The summed E-state index contributed by atoms with van der Waals surface area (Å²) in [5.74, 6) is -0.582. The third-order valence-electron chi connectivity index (χ3n) is 20.1. The second-order valence-electron chi connectivity index (χ2n) is 30.0. The lowest BCUT2D eigenvalue weighted by Crippen LogP contribution is -2.02. The third kappa shape index (κ3) is 28.3. The van der Waals surface area contributed by atoms with E-state index in [-0.39, 0.29) is 5.30 Å². The van der Waals surface area contributed by atoms with E-state index in [4.69, 9.17) is 25.9 Å². The van der Waals surface area contributed by atoms with Gasteiger partial charge in [0.25, 0.3) is 0 Å². The average Bonchev–Trinajstić information content (AvgIpc) is 0.832. The highest BCUT2D eigenvalue weighted by molar-refractivity contribution is 7.80. The molecule has 0 unspecified atom stereocenters. The Morgan fingerprint density at radius 3 is 1.00 bits per heavy atom. The maximum absolute atomic E-state index is 11.1. The van der Waals surface area contributed by atoms with Gasteiger partial charge in [-0.25, -0.2) is 4.79 Å². The van der Waals surface area contributed by atoms with Crippen LogP contribution in [0, 0.1) is 108 Å². The Morgan fingerprint density at radius 1 is 0.371 bits per heavy atom. The van der Waals surface area contributed by atoms with Crippen molar-refractivity contribution >= 4 is 37.2 Å². The van der Waals surface area contributed by atoms with E-state index in [1.807, 2.05) is 111 Å². The summed E-state index contributed by atoms with van der Waals surface area (Å²) in [5.41, 5.74) is 42.3. The average molecular weight is 1570 g/mol. The van der Waals surface area contributed by atoms with Crippen molar-refractivity contribution in [3.05, 3.63) is 398 Å². The van der Waals surface area contributed by atoms with Gasteiger partial charge in [0, 0.05) is 23.0 Å². The van der Waals surface area contributed by atoms with Crippen LogP contribution in [0.1, 0.15) is 131 Å². The second kappa shape index (κ2) is 44.1. The first-order chi connectivity index (χ1) is 55.4. The molecule has 0 amide bonds. The lowest BCUT2D eigenvalue weighted by molar-refractivity contribution is 0.0696. The van der Waals surface area contributed by atoms with Crippen LogP contribution in [0.2, 0.25) is 0 Å². The van der Waals surface area contributed by atoms with Crippen LogP contribution in [-0.2, 0) is 17.4 Å². The van der Waals surface area contributed by atoms with Crippen molar-refractivity contribution in [2.75, 3.05) is 5.73 Å². The topological polar surface area (TPSA) is 178 Å². The summed E-state index contributed by atoms with van der Waals surface area (Å²) in [6.45, 7) is 29.4. The molecule has 14 rings (SSSR count). The van der Waals surface area contributed by atoms with Crippen molar-refractivity contribution in [2.24, 2.45) is 0 Å². The Hall–Kier alpha value is -11.9. The summed E-state index contributed by atoms with van der Waals surface area (Å²) >= 11 is 4.29. The standard InChI is InChI=1S/C19H25N.C15H13N.C15H14O2.C14H15N.C14H15O3P.C14H14O.C14H14S/c1-16-9-10-17(2)19(15-16)8-6-4-3-5-7-18-11-13-20-14-12-18;1-11-3-4-12(2)15(9-11)14-7-5-13(10-16)6-8-14;1-10-3-4-11(2)14(9-10)12-5-7-13(8-6-12)15(16)17;1-10-3-4-11(2)14(9-10)12-5-7-13(15)8-6-12;1-10-3-4-11(2)14(9-10)12-5-7-13(8-6-12)18(15,16)17;2*1-10-3-4-11(2)14(9-10)12-5-7-13(15)8-6-12/h9-15H,3-8H2,1-2H3;3-9H,1-2H3;3-9H,1-2H3,(H,16,17);3-9H,15H2,1-2H3;3-9H,1-2H3,(H2,15,16,17);2*3-9,15H,1-2H3. The van der Waals surface area contributed by atoms with E-state index in [1.165, 1.54) is 167 Å². The van der Waals surface area contributed by atoms with Gasteiger partial charge < -0.3 is 25.7 Å². The molecule has 13 aromatic carbocycles. The number of aryl methyl sites for hydroxylation is 16. The molecule has 116 heavy (non-hydrogen) atoms. The van der Waals surface area contributed by atoms with Gasteiger partial charge in [-0.2, -0.15) is 5.26 Å². The van der Waals surface area contributed by atoms with Gasteiger partial charge in [0.15, 0.2) is 0 Å². The number of nitrogens with zero attached hydrogens (tertiary/aromatic N) is 2. The van der Waals surface area contributed by atoms with E-state index < -0.39 is 13.6 Å². The first-order valence-electron chi connectivity index (χ1n) is 39.3. The number of nitrogen functional groups attached to an aromatic ring is 1. The number of anilines is 1. The van der Waals surface area contributed by atoms with Crippen LogP contribution in [-0.4, -0.2) is 31.0 Å². The molecule has 0 saturated carbocycles. The predicted octanol–water partition coefficient (Wildman–Crippen LogP) is 26.8. The summed E-state index contributed by atoms with van der Waals surface area (Å²) in [5, 5.41) is 26.9. The van der Waals surface area contributed by atoms with Gasteiger partial charge in [0.05, 0.1) is 22.5 Å². The molecule has 6 N–H and O–H groups in total. The molecular formula is C105H110N3O6PS. The van der Waals surface area contributed by atoms with Gasteiger partial charge in [0.2, 0.25) is 0 Å². The second-order valence-corrected chi connectivity index (χ2v) is 32.1. The molecule has 0 aliphatic heterocycles. The van der Waals surface area contributed by atoms with Crippen molar-refractivity contribution in [1.29, 1.82) is 5.26 Å². The van der Waals surface area contributed by atoms with Crippen molar-refractivity contribution in [2.45, 2.75) is 140 Å². The number of rotatable bonds is 15. The van der Waals surface area contributed by atoms with Crippen LogP contribution in [0.25, 0.3) is 66.8 Å². The third-order valence-corrected chi connectivity index (χ3v) is 21.4. The highest BCUT2D eigenvalue weighted by Gasteiger charge is 2.17. The first kappa shape index (κ1) is 89.6. The smallest absolute Gasteiger partial charge is 0.356 e. The van der Waals surface area contributed by atoms with Crippen LogP contribution < -0.4 is 11.0 Å². The van der Waals surface area contributed by atoms with E-state index in [1.54, 1.807) is 36.4 Å². The van der Waals surface area contributed by atoms with E-state index in [2.05, 4.69) is 258 Å². The maximum Gasteiger partial charge on any atom is 0.356 e. The number of benzene rings is 13. The molecule has 9 nitrogen and oxygen atoms in total. The number of unbranched alkanes of at least 4 members (excludes halogenated alkanes) is 3. The number of aromatic carboxylic acids is 1. The van der Waals surface area contributed by atoms with E-state index >= 15 is 0 Å². The Morgan fingerprint density at radius 2 is 0.664 bits per heavy atom. The van der Waals surface area contributed by atoms with Crippen molar-refractivity contribution < 1.29 is 29.4 Å². The van der Waals surface area contributed by atoms with Crippen molar-refractivity contribution in [3.8, 4) is 78.6 Å². The highest BCUT2D eigenvalue weighted by atomic mass is 32.1. The molecule has 0 radical (unpaired) electrons. The number of carbonyl (C=O) groups is 1. The van der Waals surface area contributed by atoms with Gasteiger partial charge in [-0.05, 0) is 324 Å². The number of thiol groups is 1. The number of carboxylic acids is 1. The van der Waals surface area contributed by atoms with Gasteiger partial charge in [-0.15, -0.1) is 12.6 Å². The number of phenolic OH excluding ortho intramolecular Hbond substituents is 1. The Balaban J connectivity index is 0.000000169. The molecule has 0 atom stereocenters. The normalized spacial score (nSPS) is 10.5. The Labute approximate surface area is 694 Å². The Kier molecular flexibility index (Phi) is 34.1. The van der Waals surface area contributed by atoms with Crippen molar-refractivity contribution in [3.63, 3.8) is 0 Å². The summed E-state index contributed by atoms with van der Waals surface area (Å²) in [4.78, 5) is 33.9. The monoisotopic (exact) mass is 1570 g/mol. The van der Waals surface area contributed by atoms with Gasteiger partial charge in [-0.1, -0.05) is 252 Å². The fraction of sp³-hybridized carbons (Fsp3) is 0.190. The van der Waals surface area contributed by atoms with Crippen LogP contribution in [0.5, 0.6) is 5.75 Å². The van der Waals surface area contributed by atoms with E-state index in [0.29, 0.717) is 16.9 Å². The molecular weight excluding hydrogens is 1460 g/mol. The summed E-state index contributed by atoms with van der Waals surface area (Å²) < 4.78 is 11.1. The molecule has 1 heterocycles. The molecule has 14 aromatic rings. The molecule has 0 saturated heterocycles. The number of phenols is 1. The summed E-state index contributed by atoms with van der Waals surface area (Å²) in [6, 6.07) is 96.2. The maximum atomic E-state index is 11.1. The van der Waals surface area contributed by atoms with Gasteiger partial charge in [-0.3, -0.25) is 9.55 Å². The Bertz CT molecular complexity index is 5400. The minimum Gasteiger partial charge on any atom is -0.508 e. The quantitative estimate of drug-likeness (QED) is 0.0252. The zero-order chi connectivity index (χ0) is 84.0. The molecule has 11 heteroatoms. The predicted molar refractivity (Wildman–Crippen MR) is 491 cm³/mol. The van der Waals surface area contributed by atoms with E-state index in [9.17, 15) is 14.5 Å². The fourth-order valence-corrected chi connectivity index (χ4v) is 13.9. The minimum atomic E-state index is -4.15. The molecule has 0 aliphatic carbocycles. The molecule has 0 fully saturated rings. The minimum absolute atomic E-state index is 0.0524. The lowest BCUT2D eigenvalue weighted by atomic mass is 9.98. The molecule has 592 valence electrons. The number of aromatic nitrogens is 1. The molecule has 1 aromatic heterocycles. The fourth-order valence-electron chi connectivity index (χ4n) is 13.2. The number of nitrogens with two attached hydrogens (primary N) is 1. The van der Waals surface area contributed by atoms with Gasteiger partial charge >= 0.3 is 13.6 Å². The summed E-state index contributed by atoms with van der Waals surface area (Å²) in [7, 11) is -4.15. The van der Waals surface area contributed by atoms with Crippen molar-refractivity contribution in [1.82, 2.24) is 4.98 Å². The number of carboxylic acid groups (broad SMARTS) is 1. The first-order valence-corrected chi connectivity index (χ1v) is 41.3. The number of nitriles is 1. The molecule has 0 bridgehead atoms. The highest BCUT2D eigenvalue weighted by Crippen LogP contribution is 2.36. The van der Waals surface area contributed by atoms with Gasteiger partial charge in [0.1, 0.15) is 5.75 Å². The number of hydrogen-bond donors (Lipinski definition) is 6. The van der Waals surface area contributed by atoms with Crippen LogP contribution in [0.15, 0.2) is 302 Å².